The Morgan fingerprint density at radius 3 is 2.54 bits per heavy atom. The van der Waals surface area contributed by atoms with Crippen molar-refractivity contribution in [1.29, 1.82) is 0 Å². The van der Waals surface area contributed by atoms with Crippen molar-refractivity contribution in [2.45, 2.75) is 53.0 Å². The maximum atomic E-state index is 11.8. The smallest absolute Gasteiger partial charge is 0.242 e. The van der Waals surface area contributed by atoms with E-state index >= 15 is 0 Å². The molecule has 1 aromatic heterocycles. The number of thiazole rings is 1. The second kappa shape index (κ2) is 11.6. The topological polar surface area (TPSA) is 78.4 Å². The van der Waals surface area contributed by atoms with Crippen LogP contribution in [-0.4, -0.2) is 42.0 Å². The van der Waals surface area contributed by atoms with E-state index < -0.39 is 0 Å². The van der Waals surface area contributed by atoms with Gasteiger partial charge in [-0.25, -0.2) is 9.98 Å². The Bertz CT molecular complexity index is 525. The Labute approximate surface area is 166 Å². The number of amides is 1. The molecule has 24 heavy (non-hydrogen) atoms. The largest absolute Gasteiger partial charge is 0.357 e. The first kappa shape index (κ1) is 23.1. The molecule has 0 aromatic carbocycles. The minimum atomic E-state index is -0.236. The van der Waals surface area contributed by atoms with Crippen LogP contribution in [0.5, 0.6) is 0 Å². The number of guanidine groups is 1. The molecule has 0 aliphatic carbocycles. The fraction of sp³-hybridized carbons (Fsp3) is 0.688. The number of carbonyl (C=O) groups is 1. The predicted molar refractivity (Wildman–Crippen MR) is 112 cm³/mol. The average Bonchev–Trinajstić information content (AvgIpc) is 2.91. The first-order valence-electron chi connectivity index (χ1n) is 8.10. The molecule has 0 aliphatic heterocycles. The van der Waals surface area contributed by atoms with Crippen LogP contribution in [0, 0.1) is 0 Å². The van der Waals surface area contributed by atoms with Crippen LogP contribution in [-0.2, 0) is 17.6 Å². The normalized spacial score (nSPS) is 11.6. The predicted octanol–water partition coefficient (Wildman–Crippen LogP) is 2.34. The average molecular weight is 467 g/mol. The van der Waals surface area contributed by atoms with E-state index in [2.05, 4.69) is 32.9 Å². The van der Waals surface area contributed by atoms with Crippen molar-refractivity contribution >= 4 is 47.2 Å². The Hall–Kier alpha value is -0.900. The first-order valence-corrected chi connectivity index (χ1v) is 8.92. The number of hydrogen-bond acceptors (Lipinski definition) is 4. The van der Waals surface area contributed by atoms with E-state index in [1.807, 2.05) is 33.9 Å². The lowest BCUT2D eigenvalue weighted by molar-refractivity contribution is -0.121. The van der Waals surface area contributed by atoms with Crippen molar-refractivity contribution < 1.29 is 4.79 Å². The van der Waals surface area contributed by atoms with E-state index in [4.69, 9.17) is 0 Å². The van der Waals surface area contributed by atoms with Gasteiger partial charge in [0.1, 0.15) is 6.54 Å². The molecule has 6 nitrogen and oxygen atoms in total. The maximum absolute atomic E-state index is 11.8. The summed E-state index contributed by atoms with van der Waals surface area (Å²) in [5.41, 5.74) is -0.236. The highest BCUT2D eigenvalue weighted by molar-refractivity contribution is 14.0. The lowest BCUT2D eigenvalue weighted by atomic mass is 10.1. The summed E-state index contributed by atoms with van der Waals surface area (Å²) < 4.78 is 0. The zero-order valence-electron chi connectivity index (χ0n) is 15.2. The van der Waals surface area contributed by atoms with Crippen LogP contribution in [0.1, 0.15) is 44.5 Å². The summed E-state index contributed by atoms with van der Waals surface area (Å²) in [6.07, 6.45) is 3.82. The molecule has 0 saturated carbocycles. The Morgan fingerprint density at radius 1 is 1.29 bits per heavy atom. The molecule has 1 aromatic rings. The summed E-state index contributed by atoms with van der Waals surface area (Å²) in [4.78, 5) is 21.8. The van der Waals surface area contributed by atoms with Crippen molar-refractivity contribution in [1.82, 2.24) is 20.9 Å². The molecule has 1 amide bonds. The standard InChI is InChI=1S/C16H29N5OS.HI/c1-6-12-10-19-14(23-12)8-9-18-15(17-7-2)20-11-13(22)21-16(3,4)5;/h10H,6-9,11H2,1-5H3,(H,21,22)(H2,17,18,20);1H. The van der Waals surface area contributed by atoms with Gasteiger partial charge in [0.15, 0.2) is 5.96 Å². The van der Waals surface area contributed by atoms with Gasteiger partial charge in [-0.3, -0.25) is 4.79 Å². The summed E-state index contributed by atoms with van der Waals surface area (Å²) >= 11 is 1.75. The zero-order chi connectivity index (χ0) is 17.3. The van der Waals surface area contributed by atoms with E-state index in [1.165, 1.54) is 4.88 Å². The van der Waals surface area contributed by atoms with Crippen LogP contribution < -0.4 is 16.0 Å². The number of halogens is 1. The molecule has 1 rings (SSSR count). The van der Waals surface area contributed by atoms with Crippen molar-refractivity contribution in [2.24, 2.45) is 4.99 Å². The highest BCUT2D eigenvalue weighted by atomic mass is 127. The number of rotatable bonds is 7. The molecule has 0 atom stereocenters. The van der Waals surface area contributed by atoms with E-state index in [9.17, 15) is 4.79 Å². The Kier molecular flexibility index (Phi) is 11.2. The third kappa shape index (κ3) is 10.1. The Balaban J connectivity index is 0.00000529. The number of hydrogen-bond donors (Lipinski definition) is 3. The third-order valence-electron chi connectivity index (χ3n) is 2.82. The lowest BCUT2D eigenvalue weighted by Gasteiger charge is -2.20. The first-order chi connectivity index (χ1) is 10.8. The molecule has 138 valence electrons. The third-order valence-corrected chi connectivity index (χ3v) is 4.02. The summed E-state index contributed by atoms with van der Waals surface area (Å²) in [7, 11) is 0. The van der Waals surface area contributed by atoms with Gasteiger partial charge in [-0.05, 0) is 34.1 Å². The van der Waals surface area contributed by atoms with Gasteiger partial charge in [0.05, 0.1) is 5.01 Å². The van der Waals surface area contributed by atoms with Gasteiger partial charge in [-0.2, -0.15) is 0 Å². The molecule has 0 bridgehead atoms. The molecule has 0 radical (unpaired) electrons. The SMILES string of the molecule is CCNC(=NCC(=O)NC(C)(C)C)NCCc1ncc(CC)s1.I. The summed E-state index contributed by atoms with van der Waals surface area (Å²) in [5, 5.41) is 10.4. The number of aromatic nitrogens is 1. The monoisotopic (exact) mass is 467 g/mol. The molecule has 8 heteroatoms. The van der Waals surface area contributed by atoms with Crippen LogP contribution in [0.25, 0.3) is 0 Å². The minimum Gasteiger partial charge on any atom is -0.357 e. The van der Waals surface area contributed by atoms with Gasteiger partial charge in [0.2, 0.25) is 5.91 Å². The number of nitrogens with one attached hydrogen (secondary N) is 3. The highest BCUT2D eigenvalue weighted by Crippen LogP contribution is 2.13. The molecule has 0 saturated heterocycles. The summed E-state index contributed by atoms with van der Waals surface area (Å²) in [5.74, 6) is 0.575. The van der Waals surface area contributed by atoms with Crippen LogP contribution >= 0.6 is 35.3 Å². The van der Waals surface area contributed by atoms with Gasteiger partial charge in [-0.1, -0.05) is 6.92 Å². The summed E-state index contributed by atoms with van der Waals surface area (Å²) in [6, 6.07) is 0. The van der Waals surface area contributed by atoms with Crippen molar-refractivity contribution in [3.8, 4) is 0 Å². The van der Waals surface area contributed by atoms with Gasteiger partial charge >= 0.3 is 0 Å². The molecule has 0 fully saturated rings. The molecule has 0 spiro atoms. The maximum Gasteiger partial charge on any atom is 0.242 e. The highest BCUT2D eigenvalue weighted by Gasteiger charge is 2.13. The van der Waals surface area contributed by atoms with Crippen LogP contribution in [0.3, 0.4) is 0 Å². The van der Waals surface area contributed by atoms with Crippen molar-refractivity contribution in [3.05, 3.63) is 16.1 Å². The second-order valence-electron chi connectivity index (χ2n) is 6.24. The number of aryl methyl sites for hydroxylation is 1. The van der Waals surface area contributed by atoms with Gasteiger partial charge in [0.25, 0.3) is 0 Å². The number of nitrogens with zero attached hydrogens (tertiary/aromatic N) is 2. The van der Waals surface area contributed by atoms with Gasteiger partial charge in [-0.15, -0.1) is 35.3 Å². The fourth-order valence-electron chi connectivity index (χ4n) is 1.87. The molecular weight excluding hydrogens is 437 g/mol. The zero-order valence-corrected chi connectivity index (χ0v) is 18.4. The molecule has 3 N–H and O–H groups in total. The molecule has 1 heterocycles. The fourth-order valence-corrected chi connectivity index (χ4v) is 2.73. The van der Waals surface area contributed by atoms with E-state index in [0.29, 0.717) is 5.96 Å². The van der Waals surface area contributed by atoms with Gasteiger partial charge < -0.3 is 16.0 Å². The van der Waals surface area contributed by atoms with E-state index in [0.717, 1.165) is 30.9 Å². The van der Waals surface area contributed by atoms with Crippen LogP contribution in [0.4, 0.5) is 0 Å². The van der Waals surface area contributed by atoms with Crippen molar-refractivity contribution in [3.63, 3.8) is 0 Å². The van der Waals surface area contributed by atoms with Gasteiger partial charge in [0, 0.05) is 36.1 Å². The van der Waals surface area contributed by atoms with Crippen LogP contribution in [0.15, 0.2) is 11.2 Å². The number of carbonyl (C=O) groups excluding carboxylic acids is 1. The number of aliphatic imine (C=N–C) groups is 1. The lowest BCUT2D eigenvalue weighted by Crippen LogP contribution is -2.43. The quantitative estimate of drug-likeness (QED) is 0.327. The minimum absolute atomic E-state index is 0. The van der Waals surface area contributed by atoms with Crippen LogP contribution in [0.2, 0.25) is 0 Å². The molecule has 0 aliphatic rings. The summed E-state index contributed by atoms with van der Waals surface area (Å²) in [6.45, 7) is 11.6. The molecule has 0 unspecified atom stereocenters. The molecular formula is C16H30IN5OS. The van der Waals surface area contributed by atoms with Crippen molar-refractivity contribution in [2.75, 3.05) is 19.6 Å². The van der Waals surface area contributed by atoms with E-state index in [1.54, 1.807) is 11.3 Å². The second-order valence-corrected chi connectivity index (χ2v) is 7.44. The van der Waals surface area contributed by atoms with E-state index in [-0.39, 0.29) is 42.0 Å². The Morgan fingerprint density at radius 2 is 2.00 bits per heavy atom.